The van der Waals surface area contributed by atoms with Gasteiger partial charge in [-0.1, -0.05) is 12.1 Å². The Morgan fingerprint density at radius 2 is 2.00 bits per heavy atom. The van der Waals surface area contributed by atoms with Gasteiger partial charge in [-0.25, -0.2) is 0 Å². The topological polar surface area (TPSA) is 41.6 Å². The molecule has 0 saturated carbocycles. The SMILES string of the molecule is CCOC(=O)[C@@H]1CNC[C@H]1c1ccc(N(C)C)cc1. The van der Waals surface area contributed by atoms with Crippen LogP contribution in [0.3, 0.4) is 0 Å². The van der Waals surface area contributed by atoms with Gasteiger partial charge in [0, 0.05) is 38.8 Å². The van der Waals surface area contributed by atoms with E-state index in [0.717, 1.165) is 6.54 Å². The number of hydrogen-bond donors (Lipinski definition) is 1. The monoisotopic (exact) mass is 262 g/mol. The van der Waals surface area contributed by atoms with Gasteiger partial charge in [0.2, 0.25) is 0 Å². The number of nitrogens with one attached hydrogen (secondary N) is 1. The van der Waals surface area contributed by atoms with Crippen molar-refractivity contribution in [3.8, 4) is 0 Å². The first-order valence-electron chi connectivity index (χ1n) is 6.78. The fraction of sp³-hybridized carbons (Fsp3) is 0.533. The van der Waals surface area contributed by atoms with Gasteiger partial charge >= 0.3 is 5.97 Å². The van der Waals surface area contributed by atoms with Gasteiger partial charge in [0.1, 0.15) is 0 Å². The van der Waals surface area contributed by atoms with Crippen molar-refractivity contribution in [2.75, 3.05) is 38.7 Å². The second kappa shape index (κ2) is 6.06. The van der Waals surface area contributed by atoms with Gasteiger partial charge in [-0.3, -0.25) is 4.79 Å². The molecular formula is C15H22N2O2. The Labute approximate surface area is 114 Å². The van der Waals surface area contributed by atoms with Crippen molar-refractivity contribution in [2.24, 2.45) is 5.92 Å². The Morgan fingerprint density at radius 3 is 2.58 bits per heavy atom. The third kappa shape index (κ3) is 3.07. The van der Waals surface area contributed by atoms with Crippen LogP contribution in [0.15, 0.2) is 24.3 Å². The molecule has 4 heteroatoms. The zero-order chi connectivity index (χ0) is 13.8. The number of hydrogen-bond acceptors (Lipinski definition) is 4. The molecule has 1 aromatic rings. The highest BCUT2D eigenvalue weighted by molar-refractivity contribution is 5.74. The highest BCUT2D eigenvalue weighted by Gasteiger charge is 2.34. The molecule has 0 amide bonds. The highest BCUT2D eigenvalue weighted by Crippen LogP contribution is 2.30. The number of esters is 1. The largest absolute Gasteiger partial charge is 0.466 e. The van der Waals surface area contributed by atoms with Crippen LogP contribution < -0.4 is 10.2 Å². The van der Waals surface area contributed by atoms with E-state index in [0.29, 0.717) is 13.2 Å². The minimum absolute atomic E-state index is 0.0647. The standard InChI is InChI=1S/C15H22N2O2/c1-4-19-15(18)14-10-16-9-13(14)11-5-7-12(8-6-11)17(2)3/h5-8,13-14,16H,4,9-10H2,1-3H3/t13-,14+/m0/s1. The van der Waals surface area contributed by atoms with Crippen LogP contribution in [0.2, 0.25) is 0 Å². The maximum Gasteiger partial charge on any atom is 0.310 e. The van der Waals surface area contributed by atoms with Crippen molar-refractivity contribution in [3.05, 3.63) is 29.8 Å². The number of carbonyl (C=O) groups excluding carboxylic acids is 1. The summed E-state index contributed by atoms with van der Waals surface area (Å²) in [6, 6.07) is 8.41. The number of nitrogens with zero attached hydrogens (tertiary/aromatic N) is 1. The summed E-state index contributed by atoms with van der Waals surface area (Å²) in [6.45, 7) is 3.84. The predicted molar refractivity (Wildman–Crippen MR) is 76.5 cm³/mol. The number of benzene rings is 1. The van der Waals surface area contributed by atoms with Crippen LogP contribution >= 0.6 is 0 Å². The van der Waals surface area contributed by atoms with Crippen LogP contribution in [0.4, 0.5) is 5.69 Å². The third-order valence-corrected chi connectivity index (χ3v) is 3.64. The van der Waals surface area contributed by atoms with E-state index in [1.54, 1.807) is 0 Å². The van der Waals surface area contributed by atoms with Gasteiger partial charge in [-0.15, -0.1) is 0 Å². The average molecular weight is 262 g/mol. The van der Waals surface area contributed by atoms with Gasteiger partial charge in [-0.05, 0) is 24.6 Å². The minimum Gasteiger partial charge on any atom is -0.466 e. The molecule has 4 nitrogen and oxygen atoms in total. The maximum atomic E-state index is 11.9. The van der Waals surface area contributed by atoms with E-state index in [-0.39, 0.29) is 17.8 Å². The van der Waals surface area contributed by atoms with Crippen molar-refractivity contribution in [3.63, 3.8) is 0 Å². The van der Waals surface area contributed by atoms with Gasteiger partial charge in [0.15, 0.2) is 0 Å². The van der Waals surface area contributed by atoms with E-state index in [2.05, 4.69) is 34.5 Å². The smallest absolute Gasteiger partial charge is 0.310 e. The zero-order valence-corrected chi connectivity index (χ0v) is 11.8. The molecule has 1 heterocycles. The third-order valence-electron chi connectivity index (χ3n) is 3.64. The lowest BCUT2D eigenvalue weighted by Gasteiger charge is -2.19. The lowest BCUT2D eigenvalue weighted by molar-refractivity contribution is -0.147. The van der Waals surface area contributed by atoms with Gasteiger partial charge < -0.3 is 15.0 Å². The lowest BCUT2D eigenvalue weighted by Crippen LogP contribution is -2.24. The lowest BCUT2D eigenvalue weighted by atomic mass is 9.89. The van der Waals surface area contributed by atoms with Crippen LogP contribution in [0.5, 0.6) is 0 Å². The average Bonchev–Trinajstić information content (AvgIpc) is 2.88. The first kappa shape index (κ1) is 13.9. The zero-order valence-electron chi connectivity index (χ0n) is 11.8. The van der Waals surface area contributed by atoms with E-state index in [4.69, 9.17) is 4.74 Å². The Kier molecular flexibility index (Phi) is 4.43. The second-order valence-electron chi connectivity index (χ2n) is 5.11. The molecule has 0 radical (unpaired) electrons. The van der Waals surface area contributed by atoms with Crippen molar-refractivity contribution in [1.82, 2.24) is 5.32 Å². The molecule has 1 aliphatic heterocycles. The number of anilines is 1. The molecule has 1 saturated heterocycles. The van der Waals surface area contributed by atoms with E-state index in [1.807, 2.05) is 21.0 Å². The van der Waals surface area contributed by atoms with Crippen LogP contribution in [0.1, 0.15) is 18.4 Å². The first-order valence-corrected chi connectivity index (χ1v) is 6.78. The molecule has 2 rings (SSSR count). The maximum absolute atomic E-state index is 11.9. The summed E-state index contributed by atoms with van der Waals surface area (Å²) in [6.07, 6.45) is 0. The molecule has 1 fully saturated rings. The van der Waals surface area contributed by atoms with Crippen LogP contribution in [0, 0.1) is 5.92 Å². The van der Waals surface area contributed by atoms with Crippen LogP contribution in [-0.4, -0.2) is 39.8 Å². The first-order chi connectivity index (χ1) is 9.13. The highest BCUT2D eigenvalue weighted by atomic mass is 16.5. The summed E-state index contributed by atoms with van der Waals surface area (Å²) in [5.41, 5.74) is 2.37. The molecule has 2 atom stereocenters. The Morgan fingerprint density at radius 1 is 1.32 bits per heavy atom. The number of rotatable bonds is 4. The summed E-state index contributed by atoms with van der Waals surface area (Å²) in [5.74, 6) is 0.0644. The Bertz CT molecular complexity index is 428. The quantitative estimate of drug-likeness (QED) is 0.837. The van der Waals surface area contributed by atoms with Crippen molar-refractivity contribution in [1.29, 1.82) is 0 Å². The summed E-state index contributed by atoms with van der Waals surface area (Å²) in [4.78, 5) is 14.0. The van der Waals surface area contributed by atoms with Crippen molar-refractivity contribution in [2.45, 2.75) is 12.8 Å². The molecule has 0 aliphatic carbocycles. The Hall–Kier alpha value is -1.55. The molecule has 1 aromatic carbocycles. The van der Waals surface area contributed by atoms with Crippen molar-refractivity contribution >= 4 is 11.7 Å². The van der Waals surface area contributed by atoms with E-state index >= 15 is 0 Å². The molecule has 104 valence electrons. The molecule has 0 bridgehead atoms. The summed E-state index contributed by atoms with van der Waals surface area (Å²) in [7, 11) is 4.04. The van der Waals surface area contributed by atoms with E-state index in [9.17, 15) is 4.79 Å². The molecule has 1 aliphatic rings. The van der Waals surface area contributed by atoms with E-state index in [1.165, 1.54) is 11.3 Å². The Balaban J connectivity index is 2.13. The minimum atomic E-state index is -0.0887. The molecule has 0 aromatic heterocycles. The van der Waals surface area contributed by atoms with Gasteiger partial charge in [0.05, 0.1) is 12.5 Å². The predicted octanol–water partition coefficient (Wildman–Crippen LogP) is 1.62. The number of ether oxygens (including phenoxy) is 1. The van der Waals surface area contributed by atoms with Gasteiger partial charge in [0.25, 0.3) is 0 Å². The normalized spacial score (nSPS) is 22.3. The molecule has 0 unspecified atom stereocenters. The van der Waals surface area contributed by atoms with Crippen molar-refractivity contribution < 1.29 is 9.53 Å². The molecule has 19 heavy (non-hydrogen) atoms. The fourth-order valence-electron chi connectivity index (χ4n) is 2.55. The summed E-state index contributed by atoms with van der Waals surface area (Å²) < 4.78 is 5.15. The van der Waals surface area contributed by atoms with E-state index < -0.39 is 0 Å². The fourth-order valence-corrected chi connectivity index (χ4v) is 2.55. The van der Waals surface area contributed by atoms with Gasteiger partial charge in [-0.2, -0.15) is 0 Å². The molecule has 1 N–H and O–H groups in total. The second-order valence-corrected chi connectivity index (χ2v) is 5.11. The number of carbonyl (C=O) groups is 1. The summed E-state index contributed by atoms with van der Waals surface area (Å²) in [5, 5.41) is 3.29. The summed E-state index contributed by atoms with van der Waals surface area (Å²) >= 11 is 0. The molecular weight excluding hydrogens is 240 g/mol. The van der Waals surface area contributed by atoms with Crippen LogP contribution in [-0.2, 0) is 9.53 Å². The molecule has 0 spiro atoms. The van der Waals surface area contributed by atoms with Crippen LogP contribution in [0.25, 0.3) is 0 Å².